The van der Waals surface area contributed by atoms with E-state index in [1.165, 1.54) is 17.4 Å². The van der Waals surface area contributed by atoms with E-state index in [0.29, 0.717) is 34.2 Å². The normalized spacial score (nSPS) is 17.1. The van der Waals surface area contributed by atoms with Crippen molar-refractivity contribution in [2.24, 2.45) is 0 Å². The van der Waals surface area contributed by atoms with Crippen molar-refractivity contribution in [1.29, 1.82) is 0 Å². The molecule has 4 nitrogen and oxygen atoms in total. The molecular weight excluding hydrogens is 385 g/mol. The van der Waals surface area contributed by atoms with Crippen LogP contribution in [0.3, 0.4) is 0 Å². The van der Waals surface area contributed by atoms with Gasteiger partial charge in [0, 0.05) is 35.2 Å². The van der Waals surface area contributed by atoms with Crippen LogP contribution in [0.15, 0.2) is 48.5 Å². The topological polar surface area (TPSA) is 46.1 Å². The van der Waals surface area contributed by atoms with Crippen molar-refractivity contribution in [1.82, 2.24) is 15.1 Å². The van der Waals surface area contributed by atoms with E-state index in [0.717, 1.165) is 17.8 Å². The Morgan fingerprint density at radius 2 is 2.04 bits per heavy atom. The van der Waals surface area contributed by atoms with Gasteiger partial charge < -0.3 is 4.90 Å². The van der Waals surface area contributed by atoms with Gasteiger partial charge in [0.05, 0.1) is 0 Å². The lowest BCUT2D eigenvalue weighted by Gasteiger charge is -2.31. The molecule has 1 amide bonds. The molecule has 3 aromatic rings. The van der Waals surface area contributed by atoms with Gasteiger partial charge in [-0.25, -0.2) is 4.39 Å². The molecule has 0 unspecified atom stereocenters. The summed E-state index contributed by atoms with van der Waals surface area (Å²) in [4.78, 5) is 14.6. The van der Waals surface area contributed by atoms with Gasteiger partial charge in [-0.15, -0.1) is 10.2 Å². The van der Waals surface area contributed by atoms with E-state index in [9.17, 15) is 9.18 Å². The fourth-order valence-corrected chi connectivity index (χ4v) is 4.50. The molecular formula is C20H17ClFN3OS. The number of halogens is 2. The highest BCUT2D eigenvalue weighted by atomic mass is 35.5. The third-order valence-corrected chi connectivity index (χ3v) is 6.03. The minimum atomic E-state index is -0.304. The Hall–Kier alpha value is -2.31. The Balaban J connectivity index is 1.52. The molecule has 2 aromatic carbocycles. The maximum atomic E-state index is 14.0. The van der Waals surface area contributed by atoms with E-state index in [2.05, 4.69) is 10.2 Å². The van der Waals surface area contributed by atoms with E-state index >= 15 is 0 Å². The maximum Gasteiger partial charge on any atom is 0.253 e. The number of hydrogen-bond acceptors (Lipinski definition) is 4. The molecule has 1 atom stereocenters. The smallest absolute Gasteiger partial charge is 0.253 e. The predicted molar refractivity (Wildman–Crippen MR) is 105 cm³/mol. The summed E-state index contributed by atoms with van der Waals surface area (Å²) in [5.74, 6) is -0.220. The summed E-state index contributed by atoms with van der Waals surface area (Å²) in [6.07, 6.45) is 1.83. The Bertz CT molecular complexity index is 977. The van der Waals surface area contributed by atoms with Gasteiger partial charge in [-0.1, -0.05) is 41.1 Å². The molecule has 1 fully saturated rings. The van der Waals surface area contributed by atoms with Gasteiger partial charge >= 0.3 is 0 Å². The first kappa shape index (κ1) is 18.1. The van der Waals surface area contributed by atoms with Crippen molar-refractivity contribution >= 4 is 28.8 Å². The fraction of sp³-hybridized carbons (Fsp3) is 0.250. The number of amides is 1. The van der Waals surface area contributed by atoms with Crippen molar-refractivity contribution in [2.45, 2.75) is 18.8 Å². The highest BCUT2D eigenvalue weighted by Gasteiger charge is 2.28. The molecule has 0 bridgehead atoms. The first-order valence-electron chi connectivity index (χ1n) is 8.75. The number of likely N-dealkylation sites (tertiary alicyclic amines) is 1. The number of carbonyl (C=O) groups excluding carboxylic acids is 1. The summed E-state index contributed by atoms with van der Waals surface area (Å²) < 4.78 is 14.0. The average Bonchev–Trinajstić information content (AvgIpc) is 3.18. The number of carbonyl (C=O) groups is 1. The Morgan fingerprint density at radius 3 is 2.85 bits per heavy atom. The largest absolute Gasteiger partial charge is 0.338 e. The molecule has 0 spiro atoms. The second kappa shape index (κ2) is 7.74. The number of rotatable bonds is 3. The standard InChI is InChI=1S/C20H17ClFN3OS/c21-15-7-3-5-13(11-15)20(26)25-10-4-6-14(12-25)18-23-24-19(27-18)16-8-1-2-9-17(16)22/h1-3,5,7-9,11,14H,4,6,10,12H2/t14-/m1/s1. The van der Waals surface area contributed by atoms with E-state index in [-0.39, 0.29) is 17.6 Å². The summed E-state index contributed by atoms with van der Waals surface area (Å²) in [6.45, 7) is 1.29. The van der Waals surface area contributed by atoms with Crippen LogP contribution in [0.4, 0.5) is 4.39 Å². The van der Waals surface area contributed by atoms with Crippen molar-refractivity contribution < 1.29 is 9.18 Å². The van der Waals surface area contributed by atoms with Crippen LogP contribution in [-0.4, -0.2) is 34.1 Å². The summed E-state index contributed by atoms with van der Waals surface area (Å²) in [6, 6.07) is 13.6. The van der Waals surface area contributed by atoms with Gasteiger partial charge in [-0.2, -0.15) is 0 Å². The molecule has 0 aliphatic carbocycles. The minimum Gasteiger partial charge on any atom is -0.338 e. The molecule has 1 aromatic heterocycles. The van der Waals surface area contributed by atoms with E-state index in [1.54, 1.807) is 42.5 Å². The first-order valence-corrected chi connectivity index (χ1v) is 9.94. The molecule has 0 N–H and O–H groups in total. The summed E-state index contributed by atoms with van der Waals surface area (Å²) in [5.41, 5.74) is 1.05. The maximum absolute atomic E-state index is 14.0. The molecule has 1 saturated heterocycles. The molecule has 7 heteroatoms. The van der Waals surface area contributed by atoms with Crippen LogP contribution in [0.25, 0.3) is 10.6 Å². The molecule has 0 saturated carbocycles. The van der Waals surface area contributed by atoms with Crippen LogP contribution in [0.5, 0.6) is 0 Å². The Labute approximate surface area is 165 Å². The molecule has 0 radical (unpaired) electrons. The third kappa shape index (κ3) is 3.87. The highest BCUT2D eigenvalue weighted by Crippen LogP contribution is 2.34. The van der Waals surface area contributed by atoms with Crippen molar-refractivity contribution in [2.75, 3.05) is 13.1 Å². The lowest BCUT2D eigenvalue weighted by atomic mass is 9.98. The molecule has 138 valence electrons. The van der Waals surface area contributed by atoms with E-state index < -0.39 is 0 Å². The zero-order valence-electron chi connectivity index (χ0n) is 14.4. The lowest BCUT2D eigenvalue weighted by molar-refractivity contribution is 0.0707. The molecule has 1 aliphatic heterocycles. The van der Waals surface area contributed by atoms with Crippen LogP contribution in [0.2, 0.25) is 5.02 Å². The van der Waals surface area contributed by atoms with Crippen molar-refractivity contribution in [3.8, 4) is 10.6 Å². The van der Waals surface area contributed by atoms with Crippen molar-refractivity contribution in [3.63, 3.8) is 0 Å². The molecule has 4 rings (SSSR count). The third-order valence-electron chi connectivity index (χ3n) is 4.67. The summed E-state index contributed by atoms with van der Waals surface area (Å²) >= 11 is 7.41. The highest BCUT2D eigenvalue weighted by molar-refractivity contribution is 7.14. The SMILES string of the molecule is O=C(c1cccc(Cl)c1)N1CCC[C@@H](c2nnc(-c3ccccc3F)s2)C1. The van der Waals surface area contributed by atoms with Gasteiger partial charge in [0.1, 0.15) is 10.8 Å². The quantitative estimate of drug-likeness (QED) is 0.619. The molecule has 2 heterocycles. The second-order valence-electron chi connectivity index (χ2n) is 6.53. The summed E-state index contributed by atoms with van der Waals surface area (Å²) in [5, 5.41) is 10.4. The van der Waals surface area contributed by atoms with Gasteiger partial charge in [0.25, 0.3) is 5.91 Å². The minimum absolute atomic E-state index is 0.0268. The molecule has 27 heavy (non-hydrogen) atoms. The van der Waals surface area contributed by atoms with Crippen LogP contribution in [-0.2, 0) is 0 Å². The number of nitrogens with zero attached hydrogens (tertiary/aromatic N) is 3. The van der Waals surface area contributed by atoms with E-state index in [1.807, 2.05) is 4.90 Å². The van der Waals surface area contributed by atoms with Gasteiger partial charge in [-0.3, -0.25) is 4.79 Å². The number of benzene rings is 2. The Morgan fingerprint density at radius 1 is 1.19 bits per heavy atom. The van der Waals surface area contributed by atoms with E-state index in [4.69, 9.17) is 11.6 Å². The number of hydrogen-bond donors (Lipinski definition) is 0. The first-order chi connectivity index (χ1) is 13.1. The van der Waals surface area contributed by atoms with Gasteiger partial charge in [0.15, 0.2) is 5.01 Å². The second-order valence-corrected chi connectivity index (χ2v) is 7.97. The van der Waals surface area contributed by atoms with Crippen molar-refractivity contribution in [3.05, 3.63) is 69.9 Å². The van der Waals surface area contributed by atoms with Crippen LogP contribution < -0.4 is 0 Å². The van der Waals surface area contributed by atoms with Crippen LogP contribution in [0, 0.1) is 5.82 Å². The fourth-order valence-electron chi connectivity index (χ4n) is 3.31. The monoisotopic (exact) mass is 401 g/mol. The van der Waals surface area contributed by atoms with Crippen LogP contribution >= 0.6 is 22.9 Å². The number of piperidine rings is 1. The zero-order chi connectivity index (χ0) is 18.8. The lowest BCUT2D eigenvalue weighted by Crippen LogP contribution is -2.39. The summed E-state index contributed by atoms with van der Waals surface area (Å²) in [7, 11) is 0. The Kier molecular flexibility index (Phi) is 5.18. The average molecular weight is 402 g/mol. The van der Waals surface area contributed by atoms with Crippen LogP contribution in [0.1, 0.15) is 34.1 Å². The number of aromatic nitrogens is 2. The molecule has 1 aliphatic rings. The van der Waals surface area contributed by atoms with Gasteiger partial charge in [-0.05, 0) is 43.2 Å². The zero-order valence-corrected chi connectivity index (χ0v) is 16.0. The predicted octanol–water partition coefficient (Wildman–Crippen LogP) is 5.02. The van der Waals surface area contributed by atoms with Gasteiger partial charge in [0.2, 0.25) is 0 Å².